The molecule has 2 N–H and O–H groups in total. The number of rotatable bonds is 6. The summed E-state index contributed by atoms with van der Waals surface area (Å²) in [5.74, 6) is 0.340. The molecule has 2 heterocycles. The van der Waals surface area contributed by atoms with Crippen LogP contribution in [0.3, 0.4) is 0 Å². The first kappa shape index (κ1) is 18.3. The van der Waals surface area contributed by atoms with E-state index in [0.29, 0.717) is 29.1 Å². The van der Waals surface area contributed by atoms with Gasteiger partial charge in [-0.05, 0) is 37.1 Å². The molecule has 140 valence electrons. The molecule has 0 unspecified atom stereocenters. The monoisotopic (exact) mass is 360 g/mol. The zero-order valence-electron chi connectivity index (χ0n) is 15.1. The van der Waals surface area contributed by atoms with E-state index in [4.69, 9.17) is 4.74 Å². The molecular weight excluding hydrogens is 336 g/mol. The predicted molar refractivity (Wildman–Crippen MR) is 98.6 cm³/mol. The molecule has 1 aromatic carbocycles. The first-order chi connectivity index (χ1) is 12.5. The maximum Gasteiger partial charge on any atom is 0.314 e. The summed E-state index contributed by atoms with van der Waals surface area (Å²) >= 11 is 0. The lowest BCUT2D eigenvalue weighted by Crippen LogP contribution is -2.34. The van der Waals surface area contributed by atoms with Crippen molar-refractivity contribution in [3.63, 3.8) is 0 Å². The molecule has 2 aromatic rings. The molecule has 0 spiro atoms. The minimum atomic E-state index is -0.724. The van der Waals surface area contributed by atoms with Gasteiger partial charge in [-0.15, -0.1) is 0 Å². The molecular formula is C18H24N4O4. The van der Waals surface area contributed by atoms with Crippen LogP contribution < -0.4 is 11.1 Å². The van der Waals surface area contributed by atoms with Crippen molar-refractivity contribution in [3.8, 4) is 0 Å². The molecule has 1 atom stereocenters. The van der Waals surface area contributed by atoms with Crippen LogP contribution in [0.5, 0.6) is 0 Å². The van der Waals surface area contributed by atoms with Gasteiger partial charge in [0, 0.05) is 39.4 Å². The molecule has 0 saturated carbocycles. The zero-order chi connectivity index (χ0) is 18.7. The van der Waals surface area contributed by atoms with Crippen LogP contribution in [0.4, 0.5) is 0 Å². The van der Waals surface area contributed by atoms with Crippen molar-refractivity contribution < 1.29 is 9.53 Å². The number of nitrogens with zero attached hydrogens (tertiary/aromatic N) is 2. The van der Waals surface area contributed by atoms with Crippen LogP contribution in [-0.4, -0.2) is 72.6 Å². The van der Waals surface area contributed by atoms with Crippen molar-refractivity contribution in [3.05, 3.63) is 44.5 Å². The maximum absolute atomic E-state index is 12.7. The summed E-state index contributed by atoms with van der Waals surface area (Å²) in [6.07, 6.45) is 1.06. The number of likely N-dealkylation sites (tertiary alicyclic amines) is 1. The Morgan fingerprint density at radius 2 is 2.00 bits per heavy atom. The molecule has 1 saturated heterocycles. The van der Waals surface area contributed by atoms with Crippen LogP contribution in [0.1, 0.15) is 16.8 Å². The maximum atomic E-state index is 12.7. The van der Waals surface area contributed by atoms with Crippen LogP contribution in [-0.2, 0) is 4.74 Å². The predicted octanol–water partition coefficient (Wildman–Crippen LogP) is 0.257. The number of amides is 1. The van der Waals surface area contributed by atoms with Gasteiger partial charge >= 0.3 is 11.1 Å². The fourth-order valence-electron chi connectivity index (χ4n) is 3.42. The normalized spacial score (nSPS) is 17.7. The lowest BCUT2D eigenvalue weighted by molar-refractivity contribution is 0.0772. The second-order valence-electron chi connectivity index (χ2n) is 6.80. The Balaban J connectivity index is 1.67. The molecule has 0 bridgehead atoms. The first-order valence-corrected chi connectivity index (χ1v) is 8.71. The third kappa shape index (κ3) is 4.03. The summed E-state index contributed by atoms with van der Waals surface area (Å²) < 4.78 is 5.11. The number of fused-ring (bicyclic) bond motifs is 1. The summed E-state index contributed by atoms with van der Waals surface area (Å²) in [5, 5.41) is 0. The van der Waals surface area contributed by atoms with E-state index >= 15 is 0 Å². The summed E-state index contributed by atoms with van der Waals surface area (Å²) in [5.41, 5.74) is 0.00119. The quantitative estimate of drug-likeness (QED) is 0.720. The number of hydrogen-bond donors (Lipinski definition) is 2. The van der Waals surface area contributed by atoms with Gasteiger partial charge in [-0.1, -0.05) is 0 Å². The van der Waals surface area contributed by atoms with Gasteiger partial charge in [0.2, 0.25) is 0 Å². The van der Waals surface area contributed by atoms with Gasteiger partial charge in [0.25, 0.3) is 5.91 Å². The van der Waals surface area contributed by atoms with Crippen molar-refractivity contribution in [2.75, 3.05) is 46.9 Å². The molecule has 0 aliphatic carbocycles. The van der Waals surface area contributed by atoms with Gasteiger partial charge in [-0.2, -0.15) is 0 Å². The smallest absolute Gasteiger partial charge is 0.314 e. The topological polar surface area (TPSA) is 98.5 Å². The highest BCUT2D eigenvalue weighted by atomic mass is 16.5. The zero-order valence-corrected chi connectivity index (χ0v) is 15.1. The summed E-state index contributed by atoms with van der Waals surface area (Å²) in [4.78, 5) is 44.6. The van der Waals surface area contributed by atoms with Crippen LogP contribution in [0.25, 0.3) is 11.0 Å². The standard InChI is InChI=1S/C18H24N4O4/c1-21(10-12-5-6-22(11-12)7-8-26-2)18(25)13-3-4-14-15(9-13)20-17(24)16(23)19-14/h3-4,9,12H,5-8,10-11H2,1-2H3,(H,19,23)(H,20,24)/t12-/m1/s1. The number of carbonyl (C=O) groups is 1. The average Bonchev–Trinajstić information content (AvgIpc) is 3.07. The molecule has 1 aliphatic rings. The van der Waals surface area contributed by atoms with Gasteiger partial charge in [0.05, 0.1) is 17.6 Å². The second-order valence-corrected chi connectivity index (χ2v) is 6.80. The molecule has 3 rings (SSSR count). The SMILES string of the molecule is COCCN1CC[C@H](CN(C)C(=O)c2ccc3[nH]c(=O)c(=O)[nH]c3c2)C1. The number of methoxy groups -OCH3 is 1. The Kier molecular flexibility index (Phi) is 5.53. The van der Waals surface area contributed by atoms with E-state index in [2.05, 4.69) is 14.9 Å². The molecule has 1 amide bonds. The molecule has 1 aliphatic heterocycles. The van der Waals surface area contributed by atoms with Crippen molar-refractivity contribution >= 4 is 16.9 Å². The molecule has 1 fully saturated rings. The van der Waals surface area contributed by atoms with Crippen molar-refractivity contribution in [2.45, 2.75) is 6.42 Å². The Hall–Kier alpha value is -2.45. The van der Waals surface area contributed by atoms with E-state index in [1.54, 1.807) is 37.3 Å². The van der Waals surface area contributed by atoms with Crippen molar-refractivity contribution in [2.24, 2.45) is 5.92 Å². The Morgan fingerprint density at radius 3 is 2.73 bits per heavy atom. The fraction of sp³-hybridized carbons (Fsp3) is 0.500. The fourth-order valence-corrected chi connectivity index (χ4v) is 3.42. The second kappa shape index (κ2) is 7.84. The number of benzene rings is 1. The van der Waals surface area contributed by atoms with E-state index in [-0.39, 0.29) is 5.91 Å². The number of hydrogen-bond acceptors (Lipinski definition) is 5. The van der Waals surface area contributed by atoms with Gasteiger partial charge in [0.15, 0.2) is 0 Å². The number of carbonyl (C=O) groups excluding carboxylic acids is 1. The van der Waals surface area contributed by atoms with E-state index in [1.807, 2.05) is 0 Å². The number of H-pyrrole nitrogens is 2. The Morgan fingerprint density at radius 1 is 1.27 bits per heavy atom. The van der Waals surface area contributed by atoms with Crippen LogP contribution in [0.15, 0.2) is 27.8 Å². The largest absolute Gasteiger partial charge is 0.383 e. The first-order valence-electron chi connectivity index (χ1n) is 8.71. The van der Waals surface area contributed by atoms with Crippen molar-refractivity contribution in [1.82, 2.24) is 19.8 Å². The summed E-state index contributed by atoms with van der Waals surface area (Å²) in [6.45, 7) is 4.32. The minimum Gasteiger partial charge on any atom is -0.383 e. The highest BCUT2D eigenvalue weighted by Gasteiger charge is 2.25. The molecule has 1 aromatic heterocycles. The van der Waals surface area contributed by atoms with E-state index in [9.17, 15) is 14.4 Å². The molecule has 0 radical (unpaired) electrons. The number of nitrogens with one attached hydrogen (secondary N) is 2. The minimum absolute atomic E-state index is 0.103. The number of aromatic amines is 2. The third-order valence-corrected chi connectivity index (χ3v) is 4.83. The van der Waals surface area contributed by atoms with E-state index < -0.39 is 11.1 Å². The van der Waals surface area contributed by atoms with Crippen molar-refractivity contribution in [1.29, 1.82) is 0 Å². The summed E-state index contributed by atoms with van der Waals surface area (Å²) in [6, 6.07) is 4.90. The highest BCUT2D eigenvalue weighted by molar-refractivity contribution is 5.97. The van der Waals surface area contributed by atoms with E-state index in [1.165, 1.54) is 0 Å². The van der Waals surface area contributed by atoms with Crippen LogP contribution in [0.2, 0.25) is 0 Å². The Bertz CT molecular complexity index is 904. The number of aromatic nitrogens is 2. The van der Waals surface area contributed by atoms with E-state index in [0.717, 1.165) is 32.7 Å². The molecule has 8 heteroatoms. The lowest BCUT2D eigenvalue weighted by atomic mass is 10.1. The highest BCUT2D eigenvalue weighted by Crippen LogP contribution is 2.18. The number of ether oxygens (including phenoxy) is 1. The molecule has 8 nitrogen and oxygen atoms in total. The Labute approximate surface area is 150 Å². The molecule has 26 heavy (non-hydrogen) atoms. The van der Waals surface area contributed by atoms with Gasteiger partial charge in [0.1, 0.15) is 0 Å². The third-order valence-electron chi connectivity index (χ3n) is 4.83. The van der Waals surface area contributed by atoms with Gasteiger partial charge in [-0.3, -0.25) is 14.4 Å². The summed E-state index contributed by atoms with van der Waals surface area (Å²) in [7, 11) is 3.49. The van der Waals surface area contributed by atoms with Crippen LogP contribution >= 0.6 is 0 Å². The van der Waals surface area contributed by atoms with Crippen LogP contribution in [0, 0.1) is 5.92 Å². The average molecular weight is 360 g/mol. The van der Waals surface area contributed by atoms with Gasteiger partial charge < -0.3 is 24.5 Å². The van der Waals surface area contributed by atoms with Gasteiger partial charge in [-0.25, -0.2) is 0 Å². The lowest BCUT2D eigenvalue weighted by Gasteiger charge is -2.22.